The van der Waals surface area contributed by atoms with Crippen LogP contribution in [0.15, 0.2) is 36.5 Å². The molecule has 0 unspecified atom stereocenters. The van der Waals surface area contributed by atoms with Gasteiger partial charge in [0, 0.05) is 0 Å². The van der Waals surface area contributed by atoms with E-state index in [1.54, 1.807) is 0 Å². The molecule has 0 saturated heterocycles. The zero-order valence-electron chi connectivity index (χ0n) is 7.71. The third-order valence-corrected chi connectivity index (χ3v) is 2.04. The summed E-state index contributed by atoms with van der Waals surface area (Å²) < 4.78 is 0. The van der Waals surface area contributed by atoms with Gasteiger partial charge < -0.3 is 0 Å². The van der Waals surface area contributed by atoms with E-state index in [0.29, 0.717) is 0 Å². The Labute approximate surface area is 75.7 Å². The zero-order chi connectivity index (χ0) is 8.49. The summed E-state index contributed by atoms with van der Waals surface area (Å²) in [6, 6.07) is 0. The van der Waals surface area contributed by atoms with Crippen molar-refractivity contribution in [3.63, 3.8) is 0 Å². The Kier molecular flexibility index (Phi) is 5.35. The fourth-order valence-electron chi connectivity index (χ4n) is 1.30. The van der Waals surface area contributed by atoms with Gasteiger partial charge in [0.2, 0.25) is 0 Å². The molecule has 0 bridgehead atoms. The van der Waals surface area contributed by atoms with Crippen molar-refractivity contribution in [3.05, 3.63) is 36.5 Å². The van der Waals surface area contributed by atoms with Crippen LogP contribution in [-0.4, -0.2) is 0 Å². The van der Waals surface area contributed by atoms with E-state index < -0.39 is 0 Å². The highest BCUT2D eigenvalue weighted by Gasteiger charge is 1.87. The van der Waals surface area contributed by atoms with E-state index >= 15 is 0 Å². The lowest BCUT2D eigenvalue weighted by atomic mass is 10.1. The Morgan fingerprint density at radius 3 is 1.08 bits per heavy atom. The lowest BCUT2D eigenvalue weighted by Gasteiger charge is -1.97. The minimum Gasteiger partial charge on any atom is -0.0885 e. The van der Waals surface area contributed by atoms with Crippen molar-refractivity contribution in [2.75, 3.05) is 0 Å². The van der Waals surface area contributed by atoms with E-state index in [9.17, 15) is 0 Å². The molecule has 0 fully saturated rings. The number of hydrogen-bond donors (Lipinski definition) is 0. The maximum atomic E-state index is 2.27. The van der Waals surface area contributed by atoms with Crippen LogP contribution in [0.4, 0.5) is 0 Å². The van der Waals surface area contributed by atoms with Crippen LogP contribution in [0, 0.1) is 0 Å². The second-order valence-corrected chi connectivity index (χ2v) is 3.17. The summed E-state index contributed by atoms with van der Waals surface area (Å²) in [6.45, 7) is 0. The van der Waals surface area contributed by atoms with Crippen LogP contribution < -0.4 is 0 Å². The molecule has 2 rings (SSSR count). The first-order chi connectivity index (χ1) is 6.00. The zero-order valence-corrected chi connectivity index (χ0v) is 7.71. The molecule has 0 aromatic carbocycles. The summed E-state index contributed by atoms with van der Waals surface area (Å²) in [6.07, 6.45) is 21.0. The molecule has 0 amide bonds. The minimum atomic E-state index is 1.14. The van der Waals surface area contributed by atoms with E-state index in [1.165, 1.54) is 25.7 Å². The lowest BCUT2D eigenvalue weighted by Crippen LogP contribution is -1.77. The molecule has 0 atom stereocenters. The molecule has 0 aromatic rings. The Morgan fingerprint density at radius 2 is 0.917 bits per heavy atom. The van der Waals surface area contributed by atoms with Gasteiger partial charge in [-0.1, -0.05) is 36.5 Å². The van der Waals surface area contributed by atoms with Gasteiger partial charge in [0.15, 0.2) is 0 Å². The second kappa shape index (κ2) is 6.90. The van der Waals surface area contributed by atoms with Crippen LogP contribution in [0.3, 0.4) is 0 Å². The maximum absolute atomic E-state index is 2.27. The average molecular weight is 162 g/mol. The van der Waals surface area contributed by atoms with Crippen molar-refractivity contribution in [1.82, 2.24) is 0 Å². The first kappa shape index (κ1) is 9.31. The molecule has 0 saturated carbocycles. The average Bonchev–Trinajstić information content (AvgIpc) is 2.24. The SMILES string of the molecule is C1=CCC=CC1.C1=CCCCC1. The van der Waals surface area contributed by atoms with Crippen molar-refractivity contribution in [1.29, 1.82) is 0 Å². The standard InChI is InChI=1S/C6H10.C6H8/c2*1-2-4-6-5-3-1/h1-2H,3-6H2;1-2,5-6H,3-4H2. The molecule has 0 aliphatic heterocycles. The number of allylic oxidation sites excluding steroid dienone is 6. The monoisotopic (exact) mass is 162 g/mol. The third-order valence-electron chi connectivity index (χ3n) is 2.04. The second-order valence-electron chi connectivity index (χ2n) is 3.17. The first-order valence-electron chi connectivity index (χ1n) is 4.95. The first-order valence-corrected chi connectivity index (χ1v) is 4.95. The van der Waals surface area contributed by atoms with Crippen LogP contribution in [0.1, 0.15) is 38.5 Å². The van der Waals surface area contributed by atoms with Gasteiger partial charge in [-0.05, 0) is 38.5 Å². The smallest absolute Gasteiger partial charge is 0.0169 e. The van der Waals surface area contributed by atoms with Gasteiger partial charge in [0.25, 0.3) is 0 Å². The molecule has 2 aliphatic rings. The fourth-order valence-corrected chi connectivity index (χ4v) is 1.30. The van der Waals surface area contributed by atoms with Crippen molar-refractivity contribution in [2.24, 2.45) is 0 Å². The molecule has 66 valence electrons. The molecular formula is C12H18. The van der Waals surface area contributed by atoms with Crippen molar-refractivity contribution in [3.8, 4) is 0 Å². The molecule has 0 radical (unpaired) electrons. The van der Waals surface area contributed by atoms with Crippen molar-refractivity contribution < 1.29 is 0 Å². The van der Waals surface area contributed by atoms with E-state index in [4.69, 9.17) is 0 Å². The van der Waals surface area contributed by atoms with E-state index in [2.05, 4.69) is 36.5 Å². The normalized spacial score (nSPS) is 20.0. The number of hydrogen-bond acceptors (Lipinski definition) is 0. The van der Waals surface area contributed by atoms with Gasteiger partial charge in [-0.2, -0.15) is 0 Å². The largest absolute Gasteiger partial charge is 0.0885 e. The van der Waals surface area contributed by atoms with Crippen molar-refractivity contribution in [2.45, 2.75) is 38.5 Å². The van der Waals surface area contributed by atoms with Gasteiger partial charge in [-0.25, -0.2) is 0 Å². The molecule has 2 aliphatic carbocycles. The summed E-state index contributed by atoms with van der Waals surface area (Å²) in [5, 5.41) is 0. The Morgan fingerprint density at radius 1 is 0.500 bits per heavy atom. The predicted molar refractivity (Wildman–Crippen MR) is 55.1 cm³/mol. The predicted octanol–water partition coefficient (Wildman–Crippen LogP) is 4.01. The van der Waals surface area contributed by atoms with E-state index in [1.807, 2.05) is 0 Å². The molecule has 0 spiro atoms. The lowest BCUT2D eigenvalue weighted by molar-refractivity contribution is 0.730. The molecule has 0 nitrogen and oxygen atoms in total. The van der Waals surface area contributed by atoms with Gasteiger partial charge in [-0.3, -0.25) is 0 Å². The number of rotatable bonds is 0. The summed E-state index contributed by atoms with van der Waals surface area (Å²) in [4.78, 5) is 0. The van der Waals surface area contributed by atoms with Crippen LogP contribution in [-0.2, 0) is 0 Å². The van der Waals surface area contributed by atoms with Crippen LogP contribution >= 0.6 is 0 Å². The van der Waals surface area contributed by atoms with Crippen LogP contribution in [0.2, 0.25) is 0 Å². The molecule has 0 N–H and O–H groups in total. The fraction of sp³-hybridized carbons (Fsp3) is 0.500. The highest BCUT2D eigenvalue weighted by atomic mass is 13.9. The Hall–Kier alpha value is -0.780. The maximum Gasteiger partial charge on any atom is -0.0169 e. The summed E-state index contributed by atoms with van der Waals surface area (Å²) in [5.74, 6) is 0. The molecular weight excluding hydrogens is 144 g/mol. The Balaban J connectivity index is 0.000000120. The molecule has 0 aromatic heterocycles. The highest BCUT2D eigenvalue weighted by molar-refractivity contribution is 5.02. The molecule has 0 heteroatoms. The summed E-state index contributed by atoms with van der Waals surface area (Å²) in [7, 11) is 0. The van der Waals surface area contributed by atoms with Gasteiger partial charge >= 0.3 is 0 Å². The van der Waals surface area contributed by atoms with Gasteiger partial charge in [0.05, 0.1) is 0 Å². The van der Waals surface area contributed by atoms with E-state index in [0.717, 1.165) is 12.8 Å². The Bertz CT molecular complexity index is 142. The van der Waals surface area contributed by atoms with Gasteiger partial charge in [0.1, 0.15) is 0 Å². The topological polar surface area (TPSA) is 0 Å². The van der Waals surface area contributed by atoms with Crippen LogP contribution in [0.25, 0.3) is 0 Å². The molecule has 0 heterocycles. The quantitative estimate of drug-likeness (QED) is 0.472. The van der Waals surface area contributed by atoms with Gasteiger partial charge in [-0.15, -0.1) is 0 Å². The van der Waals surface area contributed by atoms with Crippen LogP contribution in [0.5, 0.6) is 0 Å². The summed E-state index contributed by atoms with van der Waals surface area (Å²) in [5.41, 5.74) is 0. The highest BCUT2D eigenvalue weighted by Crippen LogP contribution is 2.07. The van der Waals surface area contributed by atoms with Crippen molar-refractivity contribution >= 4 is 0 Å². The third kappa shape index (κ3) is 4.95. The molecule has 12 heavy (non-hydrogen) atoms. The summed E-state index contributed by atoms with van der Waals surface area (Å²) >= 11 is 0. The van der Waals surface area contributed by atoms with E-state index in [-0.39, 0.29) is 0 Å². The minimum absolute atomic E-state index is 1.14.